The summed E-state index contributed by atoms with van der Waals surface area (Å²) in [7, 11) is 0. The van der Waals surface area contributed by atoms with Gasteiger partial charge in [-0.1, -0.05) is 78.0 Å². The number of hydrogen-bond donors (Lipinski definition) is 5. The Labute approximate surface area is 378 Å². The summed E-state index contributed by atoms with van der Waals surface area (Å²) in [6.45, 7) is 11.5. The summed E-state index contributed by atoms with van der Waals surface area (Å²) >= 11 is 0. The number of aliphatic hydroxyl groups excluding tert-OH is 5. The molecule has 0 aromatic carbocycles. The van der Waals surface area contributed by atoms with Crippen molar-refractivity contribution in [2.45, 2.75) is 167 Å². The third-order valence-corrected chi connectivity index (χ3v) is 13.2. The maximum atomic E-state index is 12.9. The number of aliphatic hydroxyl groups is 5. The van der Waals surface area contributed by atoms with Gasteiger partial charge in [-0.3, -0.25) is 14.4 Å². The fourth-order valence-corrected chi connectivity index (χ4v) is 9.33. The Morgan fingerprint density at radius 3 is 1.57 bits per heavy atom. The smallest absolute Gasteiger partial charge is 0.550 e. The van der Waals surface area contributed by atoms with Gasteiger partial charge >= 0.3 is 47.5 Å². The summed E-state index contributed by atoms with van der Waals surface area (Å²) in [6, 6.07) is 0. The van der Waals surface area contributed by atoms with Gasteiger partial charge < -0.3 is 49.6 Å². The predicted octanol–water partition coefficient (Wildman–Crippen LogP) is 1.03. The molecular weight excluding hydrogens is 783 g/mol. The zero-order chi connectivity index (χ0) is 43.6. The first-order chi connectivity index (χ1) is 27.9. The van der Waals surface area contributed by atoms with Crippen LogP contribution in [-0.4, -0.2) is 98.2 Å². The maximum absolute atomic E-state index is 12.9. The largest absolute Gasteiger partial charge is 1.00 e. The number of esters is 3. The first-order valence-corrected chi connectivity index (χ1v) is 21.9. The van der Waals surface area contributed by atoms with Crippen molar-refractivity contribution in [2.75, 3.05) is 0 Å². The van der Waals surface area contributed by atoms with Gasteiger partial charge in [0.05, 0.1) is 48.8 Å². The average molecular weight is 853 g/mol. The number of ether oxygens (including phenoxy) is 3. The number of fused-ring (bicyclic) bond motifs is 2. The maximum Gasteiger partial charge on any atom is 1.00 e. The second-order valence-corrected chi connectivity index (χ2v) is 17.8. The van der Waals surface area contributed by atoms with E-state index in [-0.39, 0.29) is 121 Å². The van der Waals surface area contributed by atoms with Crippen molar-refractivity contribution in [3.05, 3.63) is 47.6 Å². The fourth-order valence-electron chi connectivity index (χ4n) is 9.33. The van der Waals surface area contributed by atoms with Gasteiger partial charge in [0, 0.05) is 43.5 Å². The van der Waals surface area contributed by atoms with Crippen molar-refractivity contribution >= 4 is 23.9 Å². The molecule has 60 heavy (non-hydrogen) atoms. The molecule has 0 radical (unpaired) electrons. The van der Waals surface area contributed by atoms with Crippen LogP contribution in [0.2, 0.25) is 0 Å². The van der Waals surface area contributed by atoms with Gasteiger partial charge in [0.2, 0.25) is 0 Å². The first-order valence-electron chi connectivity index (χ1n) is 21.9. The van der Waals surface area contributed by atoms with E-state index in [1.54, 1.807) is 19.1 Å². The number of carbonyl (C=O) groups excluding carboxylic acids is 4. The van der Waals surface area contributed by atoms with Gasteiger partial charge in [0.25, 0.3) is 0 Å². The van der Waals surface area contributed by atoms with Crippen molar-refractivity contribution in [3.8, 4) is 0 Å². The fraction of sp³-hybridized carbons (Fsp3) is 0.739. The molecule has 0 aromatic rings. The van der Waals surface area contributed by atoms with Crippen LogP contribution < -0.4 is 34.7 Å². The second kappa shape index (κ2) is 24.5. The Kier molecular flexibility index (Phi) is 21.2. The number of rotatable bonds is 21. The van der Waals surface area contributed by atoms with E-state index in [2.05, 4.69) is 6.92 Å². The van der Waals surface area contributed by atoms with Gasteiger partial charge in [0.1, 0.15) is 18.3 Å². The average Bonchev–Trinajstić information content (AvgIpc) is 3.15. The SMILES string of the molecule is CC[C@H](C)C(=O)O[C@H]1C[C@H](O)C=C2C=C[C@H](C)[C@H](CC[C@@H](O)C[C@@H](O)CC(=O)O[C@@H](CC(=O)[O-])C[C@H](O)CC[C@@H]3[C@@H]4C(=C[C@@H](O)C[C@@H]4OC(=O)[C@@H](C)CC)C=C[C@@H]3C)[C@H]21.[Na+]. The normalized spacial score (nSPS) is 31.3. The van der Waals surface area contributed by atoms with Crippen LogP contribution in [0.4, 0.5) is 0 Å². The van der Waals surface area contributed by atoms with Crippen molar-refractivity contribution < 1.29 is 93.6 Å². The van der Waals surface area contributed by atoms with E-state index in [1.165, 1.54) is 0 Å². The van der Waals surface area contributed by atoms with E-state index in [0.29, 0.717) is 32.1 Å². The van der Waals surface area contributed by atoms with Gasteiger partial charge in [-0.05, 0) is 79.8 Å². The number of allylic oxidation sites excluding steroid dienone is 4. The molecule has 0 amide bonds. The molecule has 0 fully saturated rings. The van der Waals surface area contributed by atoms with Gasteiger partial charge in [-0.15, -0.1) is 0 Å². The monoisotopic (exact) mass is 852 g/mol. The molecule has 0 saturated heterocycles. The molecule has 5 N–H and O–H groups in total. The summed E-state index contributed by atoms with van der Waals surface area (Å²) in [5, 5.41) is 65.5. The third-order valence-electron chi connectivity index (χ3n) is 13.2. The van der Waals surface area contributed by atoms with Crippen LogP contribution in [0, 0.1) is 47.3 Å². The summed E-state index contributed by atoms with van der Waals surface area (Å²) in [6.07, 6.45) is 6.40. The number of carbonyl (C=O) groups is 4. The van der Waals surface area contributed by atoms with Crippen LogP contribution in [0.1, 0.15) is 119 Å². The van der Waals surface area contributed by atoms with E-state index >= 15 is 0 Å². The molecule has 13 nitrogen and oxygen atoms in total. The quantitative estimate of drug-likeness (QED) is 0.0620. The molecule has 332 valence electrons. The molecule has 4 aliphatic carbocycles. The summed E-state index contributed by atoms with van der Waals surface area (Å²) < 4.78 is 17.3. The van der Waals surface area contributed by atoms with Gasteiger partial charge in [-0.25, -0.2) is 0 Å². The van der Waals surface area contributed by atoms with E-state index in [1.807, 2.05) is 52.0 Å². The molecule has 0 aliphatic heterocycles. The Hall–Kier alpha value is -2.36. The second-order valence-electron chi connectivity index (χ2n) is 17.8. The third kappa shape index (κ3) is 14.9. The van der Waals surface area contributed by atoms with Crippen molar-refractivity contribution in [3.63, 3.8) is 0 Å². The van der Waals surface area contributed by atoms with Crippen LogP contribution in [-0.2, 0) is 33.4 Å². The minimum absolute atomic E-state index is 0. The van der Waals surface area contributed by atoms with Crippen LogP contribution >= 0.6 is 0 Å². The summed E-state index contributed by atoms with van der Waals surface area (Å²) in [5.74, 6) is -3.79. The molecular formula is C46H69NaO13. The Morgan fingerprint density at radius 1 is 0.717 bits per heavy atom. The van der Waals surface area contributed by atoms with Crippen LogP contribution in [0.15, 0.2) is 47.6 Å². The summed E-state index contributed by atoms with van der Waals surface area (Å²) in [5.41, 5.74) is 1.77. The Morgan fingerprint density at radius 2 is 1.15 bits per heavy atom. The molecule has 14 heteroatoms. The minimum atomic E-state index is -1.47. The number of hydrogen-bond acceptors (Lipinski definition) is 13. The van der Waals surface area contributed by atoms with E-state index in [9.17, 15) is 49.8 Å². The molecule has 0 unspecified atom stereocenters. The van der Waals surface area contributed by atoms with Gasteiger partial charge in [0.15, 0.2) is 0 Å². The molecule has 0 aromatic heterocycles. The molecule has 0 spiro atoms. The van der Waals surface area contributed by atoms with Gasteiger partial charge in [-0.2, -0.15) is 0 Å². The molecule has 16 atom stereocenters. The van der Waals surface area contributed by atoms with Crippen molar-refractivity contribution in [1.29, 1.82) is 0 Å². The van der Waals surface area contributed by atoms with Crippen LogP contribution in [0.5, 0.6) is 0 Å². The molecule has 0 heterocycles. The van der Waals surface area contributed by atoms with E-state index in [0.717, 1.165) is 11.1 Å². The molecule has 4 aliphatic rings. The molecule has 0 bridgehead atoms. The van der Waals surface area contributed by atoms with Crippen LogP contribution in [0.25, 0.3) is 0 Å². The Balaban J connectivity index is 0.00000961. The number of carboxylic acid groups (broad SMARTS) is 1. The predicted molar refractivity (Wildman–Crippen MR) is 216 cm³/mol. The van der Waals surface area contributed by atoms with Crippen molar-refractivity contribution in [2.24, 2.45) is 47.3 Å². The first kappa shape index (κ1) is 52.0. The van der Waals surface area contributed by atoms with Crippen molar-refractivity contribution in [1.82, 2.24) is 0 Å². The standard InChI is InChI=1S/C46H70O13.Na/c1-7-25(3)45(55)58-39-21-33(49)17-29-11-9-27(5)37(43(29)39)15-13-31(47)19-35(51)23-42(54)57-36(24-41(52)53)20-32(48)14-16-38-28(6)10-12-30-18-34(50)22-40(44(30)38)59-46(56)26(4)8-2;/h9-12,17-18,25-28,31-40,43-44,47-51H,7-8,13-16,19-24H2,1-6H3,(H,52,53);/q;+1/p-1/t25-,26-,27-,28-,31+,32+,33+,34+,35+,36+,37-,38-,39-,40-,43-,44-;/m0./s1. The summed E-state index contributed by atoms with van der Waals surface area (Å²) in [4.78, 5) is 50.1. The number of aliphatic carboxylic acids is 1. The zero-order valence-corrected chi connectivity index (χ0v) is 38.7. The minimum Gasteiger partial charge on any atom is -0.550 e. The Bertz CT molecular complexity index is 1560. The topological polar surface area (TPSA) is 220 Å². The van der Waals surface area contributed by atoms with E-state index in [4.69, 9.17) is 14.2 Å². The number of carboxylic acids is 1. The van der Waals surface area contributed by atoms with Crippen LogP contribution in [0.3, 0.4) is 0 Å². The van der Waals surface area contributed by atoms with E-state index < -0.39 is 73.6 Å². The molecule has 0 saturated carbocycles. The zero-order valence-electron chi connectivity index (χ0n) is 36.7. The molecule has 4 rings (SSSR count).